The smallest absolute Gasteiger partial charge is 0.255 e. The molecule has 6 N–H and O–H groups in total. The number of carbonyl (C=O) groups excluding carboxylic acids is 3. The van der Waals surface area contributed by atoms with Gasteiger partial charge in [0.2, 0.25) is 5.78 Å². The third kappa shape index (κ3) is 3.74. The number of likely N-dealkylation sites (N-methyl/N-ethyl adjacent to an activating group) is 1. The molecule has 3 aliphatic rings. The Kier molecular flexibility index (Phi) is 6.32. The van der Waals surface area contributed by atoms with E-state index in [9.17, 15) is 34.8 Å². The fourth-order valence-electron chi connectivity index (χ4n) is 7.03. The number of primary amides is 1. The van der Waals surface area contributed by atoms with E-state index < -0.39 is 58.0 Å². The Labute approximate surface area is 241 Å². The maximum absolute atomic E-state index is 14.3. The quantitative estimate of drug-likeness (QED) is 0.300. The summed E-state index contributed by atoms with van der Waals surface area (Å²) in [6, 6.07) is 19.3. The van der Waals surface area contributed by atoms with E-state index in [0.29, 0.717) is 16.7 Å². The molecule has 0 fully saturated rings. The Bertz CT molecular complexity index is 1730. The fraction of sp³-hybridized carbons (Fsp3) is 0.242. The molecule has 0 saturated heterocycles. The summed E-state index contributed by atoms with van der Waals surface area (Å²) in [6.07, 6.45) is 0.239. The summed E-state index contributed by atoms with van der Waals surface area (Å²) in [5.74, 6) is -6.72. The van der Waals surface area contributed by atoms with Gasteiger partial charge in [0, 0.05) is 17.1 Å². The number of fused-ring (bicyclic) bond motifs is 3. The fourth-order valence-corrected chi connectivity index (χ4v) is 7.03. The van der Waals surface area contributed by atoms with Crippen LogP contribution in [-0.4, -0.2) is 68.5 Å². The lowest BCUT2D eigenvalue weighted by Gasteiger charge is -2.50. The van der Waals surface area contributed by atoms with E-state index in [2.05, 4.69) is 0 Å². The molecule has 0 spiro atoms. The second-order valence-corrected chi connectivity index (χ2v) is 11.4. The minimum Gasteiger partial charge on any atom is -0.510 e. The minimum atomic E-state index is -2.68. The Hall–Kier alpha value is -4.73. The number of phenols is 1. The number of nitrogens with zero attached hydrogens (tertiary/aromatic N) is 1. The molecule has 0 radical (unpaired) electrons. The molecule has 0 aromatic heterocycles. The molecule has 0 heterocycles. The van der Waals surface area contributed by atoms with E-state index in [1.54, 1.807) is 14.1 Å². The van der Waals surface area contributed by atoms with Crippen LogP contribution in [0.4, 0.5) is 0 Å². The number of benzene rings is 3. The number of allylic oxidation sites excluding steroid dienone is 1. The van der Waals surface area contributed by atoms with E-state index in [0.717, 1.165) is 11.1 Å². The van der Waals surface area contributed by atoms with Gasteiger partial charge < -0.3 is 26.2 Å². The molecule has 9 heteroatoms. The second-order valence-electron chi connectivity index (χ2n) is 11.4. The van der Waals surface area contributed by atoms with Gasteiger partial charge in [-0.15, -0.1) is 0 Å². The van der Waals surface area contributed by atoms with E-state index in [-0.39, 0.29) is 29.7 Å². The number of ketones is 2. The molecule has 0 unspecified atom stereocenters. The molecule has 3 aromatic rings. The first kappa shape index (κ1) is 27.4. The molecule has 1 amide bonds. The van der Waals surface area contributed by atoms with Crippen LogP contribution in [0.5, 0.6) is 5.75 Å². The Morgan fingerprint density at radius 3 is 2.05 bits per heavy atom. The zero-order valence-electron chi connectivity index (χ0n) is 23.0. The highest BCUT2D eigenvalue weighted by molar-refractivity contribution is 6.25. The van der Waals surface area contributed by atoms with Crippen LogP contribution in [-0.2, 0) is 16.0 Å². The number of hydrogen-bond donors (Lipinski definition) is 5. The highest BCUT2D eigenvalue weighted by atomic mass is 16.3. The summed E-state index contributed by atoms with van der Waals surface area (Å²) >= 11 is 0. The predicted octanol–water partition coefficient (Wildman–Crippen LogP) is 3.45. The van der Waals surface area contributed by atoms with Gasteiger partial charge in [-0.1, -0.05) is 60.7 Å². The number of Topliss-reactive ketones (excluding diaryl/α,β-unsaturated/α-hetero) is 2. The van der Waals surface area contributed by atoms with Gasteiger partial charge in [0.1, 0.15) is 22.8 Å². The van der Waals surface area contributed by atoms with Crippen molar-refractivity contribution in [3.05, 3.63) is 101 Å². The van der Waals surface area contributed by atoms with Gasteiger partial charge >= 0.3 is 0 Å². The van der Waals surface area contributed by atoms with E-state index in [4.69, 9.17) is 5.73 Å². The zero-order chi connectivity index (χ0) is 30.1. The molecule has 3 aliphatic carbocycles. The zero-order valence-corrected chi connectivity index (χ0v) is 23.0. The van der Waals surface area contributed by atoms with Gasteiger partial charge in [0.05, 0.1) is 11.6 Å². The number of carbonyl (C=O) groups is 3. The predicted molar refractivity (Wildman–Crippen MR) is 155 cm³/mol. The van der Waals surface area contributed by atoms with Crippen LogP contribution >= 0.6 is 0 Å². The molecule has 3 aromatic carbocycles. The number of aromatic hydroxyl groups is 1. The highest BCUT2D eigenvalue weighted by Crippen LogP contribution is 2.54. The Morgan fingerprint density at radius 1 is 0.929 bits per heavy atom. The molecule has 9 nitrogen and oxygen atoms in total. The van der Waals surface area contributed by atoms with Crippen LogP contribution in [0, 0.1) is 11.8 Å². The number of nitrogens with two attached hydrogens (primary N) is 1. The van der Waals surface area contributed by atoms with Gasteiger partial charge in [0.25, 0.3) is 5.91 Å². The van der Waals surface area contributed by atoms with Crippen molar-refractivity contribution in [2.24, 2.45) is 17.6 Å². The molecule has 6 rings (SSSR count). The van der Waals surface area contributed by atoms with Crippen molar-refractivity contribution in [1.29, 1.82) is 0 Å². The lowest BCUT2D eigenvalue weighted by Crippen LogP contribution is -2.63. The van der Waals surface area contributed by atoms with Crippen LogP contribution in [0.25, 0.3) is 22.3 Å². The van der Waals surface area contributed by atoms with E-state index in [1.807, 2.05) is 66.7 Å². The standard InChI is InChI=1S/C33H30N2O7/c1-35(2)26-22-14-18-13-21-19(16-9-5-3-6-10-16)15-20(17-11-7-4-8-12-17)27(36)24(21)28(37)23(18)30(39)33(22,42)31(40)25(29(26)38)32(34)41/h3-12,15,18,22,26,36,38-39,42H,13-14H2,1-2H3,(H2,34,41)/t18-,22+,26-,33-/m0/s1. The van der Waals surface area contributed by atoms with Gasteiger partial charge in [-0.3, -0.25) is 19.3 Å². The summed E-state index contributed by atoms with van der Waals surface area (Å²) in [6.45, 7) is 0. The van der Waals surface area contributed by atoms with Crippen LogP contribution < -0.4 is 5.73 Å². The summed E-state index contributed by atoms with van der Waals surface area (Å²) < 4.78 is 0. The molecule has 42 heavy (non-hydrogen) atoms. The monoisotopic (exact) mass is 566 g/mol. The number of rotatable bonds is 4. The number of aliphatic hydroxyl groups excluding tert-OH is 2. The topological polar surface area (TPSA) is 161 Å². The summed E-state index contributed by atoms with van der Waals surface area (Å²) in [5, 5.41) is 46.0. The average Bonchev–Trinajstić information content (AvgIpc) is 2.95. The first-order valence-corrected chi connectivity index (χ1v) is 13.6. The lowest BCUT2D eigenvalue weighted by atomic mass is 9.58. The van der Waals surface area contributed by atoms with Crippen molar-refractivity contribution in [1.82, 2.24) is 4.90 Å². The molecule has 0 saturated carbocycles. The number of aliphatic hydroxyl groups is 3. The molecular formula is C33H30N2O7. The third-order valence-corrected chi connectivity index (χ3v) is 8.89. The highest BCUT2D eigenvalue weighted by Gasteiger charge is 2.63. The number of hydrogen-bond acceptors (Lipinski definition) is 8. The normalized spacial score (nSPS) is 25.3. The van der Waals surface area contributed by atoms with Crippen molar-refractivity contribution in [2.75, 3.05) is 14.1 Å². The van der Waals surface area contributed by atoms with E-state index in [1.165, 1.54) is 4.90 Å². The molecule has 214 valence electrons. The first-order chi connectivity index (χ1) is 20.0. The molecule has 0 aliphatic heterocycles. The Balaban J connectivity index is 1.61. The maximum Gasteiger partial charge on any atom is 0.255 e. The number of phenolic OH excluding ortho intramolecular Hbond substituents is 1. The van der Waals surface area contributed by atoms with Crippen molar-refractivity contribution in [3.8, 4) is 28.0 Å². The lowest BCUT2D eigenvalue weighted by molar-refractivity contribution is -0.148. The summed E-state index contributed by atoms with van der Waals surface area (Å²) in [5.41, 5.74) is 4.93. The van der Waals surface area contributed by atoms with Crippen molar-refractivity contribution < 1.29 is 34.8 Å². The van der Waals surface area contributed by atoms with Gasteiger partial charge in [-0.25, -0.2) is 0 Å². The second kappa shape index (κ2) is 9.68. The maximum atomic E-state index is 14.3. The van der Waals surface area contributed by atoms with Crippen LogP contribution in [0.3, 0.4) is 0 Å². The first-order valence-electron chi connectivity index (χ1n) is 13.6. The minimum absolute atomic E-state index is 0.0176. The van der Waals surface area contributed by atoms with Crippen LogP contribution in [0.15, 0.2) is 89.4 Å². The summed E-state index contributed by atoms with van der Waals surface area (Å²) in [4.78, 5) is 41.6. The van der Waals surface area contributed by atoms with E-state index >= 15 is 0 Å². The summed E-state index contributed by atoms with van der Waals surface area (Å²) in [7, 11) is 3.20. The van der Waals surface area contributed by atoms with Crippen LogP contribution in [0.2, 0.25) is 0 Å². The molecular weight excluding hydrogens is 536 g/mol. The third-order valence-electron chi connectivity index (χ3n) is 8.89. The number of amides is 1. The SMILES string of the molecule is CN(C)[C@@H]1C(O)=C(C(N)=O)C(=O)[C@@]2(O)C(O)=C3C(=O)c4c(O)c(-c5ccccc5)cc(-c5ccccc5)c4C[C@H]3C[C@H]12. The van der Waals surface area contributed by atoms with Gasteiger partial charge in [0.15, 0.2) is 11.4 Å². The van der Waals surface area contributed by atoms with Crippen molar-refractivity contribution in [2.45, 2.75) is 24.5 Å². The van der Waals surface area contributed by atoms with Crippen molar-refractivity contribution >= 4 is 17.5 Å². The Morgan fingerprint density at radius 2 is 1.50 bits per heavy atom. The van der Waals surface area contributed by atoms with Crippen molar-refractivity contribution in [3.63, 3.8) is 0 Å². The van der Waals surface area contributed by atoms with Gasteiger partial charge in [-0.05, 0) is 61.2 Å². The van der Waals surface area contributed by atoms with Gasteiger partial charge in [-0.2, -0.15) is 0 Å². The van der Waals surface area contributed by atoms with Crippen LogP contribution in [0.1, 0.15) is 22.3 Å². The largest absolute Gasteiger partial charge is 0.510 e. The molecule has 4 atom stereocenters. The average molecular weight is 567 g/mol. The molecule has 0 bridgehead atoms.